The Morgan fingerprint density at radius 3 is 2.21 bits per heavy atom. The number of carbonyl (C=O) groups is 2. The van der Waals surface area contributed by atoms with Crippen molar-refractivity contribution >= 4 is 34.8 Å². The molecule has 2 aromatic carbocycles. The lowest BCUT2D eigenvalue weighted by molar-refractivity contribution is -0.129. The molecule has 0 aromatic heterocycles. The van der Waals surface area contributed by atoms with Gasteiger partial charge in [0.25, 0.3) is 0 Å². The summed E-state index contributed by atoms with van der Waals surface area (Å²) in [5, 5.41) is 12.3. The van der Waals surface area contributed by atoms with Gasteiger partial charge in [0.1, 0.15) is 0 Å². The minimum atomic E-state index is -0.329. The molecule has 0 spiro atoms. The van der Waals surface area contributed by atoms with Gasteiger partial charge in [0, 0.05) is 42.3 Å². The standard InChI is InChI=1S/C27H36ClN3O3/c28-23-17-16-22-15-14-21-10-7-8-11-24(21)31(25(22)20-23)19-9-18-29-26(32)12-5-3-1-2-4-6-13-27(33)30-34/h7-8,10-11,16-17,20,34H,1-6,9,12-15,18-19H2,(H,29,32)(H,30,33). The zero-order chi connectivity index (χ0) is 24.2. The molecule has 0 saturated heterocycles. The molecule has 1 aliphatic heterocycles. The quantitative estimate of drug-likeness (QED) is 0.193. The van der Waals surface area contributed by atoms with Gasteiger partial charge in [0.2, 0.25) is 11.8 Å². The van der Waals surface area contributed by atoms with Crippen LogP contribution in [-0.2, 0) is 22.4 Å². The van der Waals surface area contributed by atoms with Crippen LogP contribution in [0.1, 0.15) is 68.9 Å². The Morgan fingerprint density at radius 2 is 1.47 bits per heavy atom. The summed E-state index contributed by atoms with van der Waals surface area (Å²) >= 11 is 6.33. The zero-order valence-electron chi connectivity index (χ0n) is 19.8. The molecule has 34 heavy (non-hydrogen) atoms. The smallest absolute Gasteiger partial charge is 0.243 e. The summed E-state index contributed by atoms with van der Waals surface area (Å²) in [5.41, 5.74) is 6.70. The number of nitrogens with zero attached hydrogens (tertiary/aromatic N) is 1. The monoisotopic (exact) mass is 485 g/mol. The average Bonchev–Trinajstić information content (AvgIpc) is 2.99. The molecule has 0 atom stereocenters. The van der Waals surface area contributed by atoms with Gasteiger partial charge in [-0.2, -0.15) is 0 Å². The third-order valence-corrected chi connectivity index (χ3v) is 6.58. The third-order valence-electron chi connectivity index (χ3n) is 6.35. The molecule has 1 heterocycles. The average molecular weight is 486 g/mol. The van der Waals surface area contributed by atoms with Crippen LogP contribution in [-0.4, -0.2) is 30.1 Å². The number of para-hydroxylation sites is 1. The van der Waals surface area contributed by atoms with Crippen LogP contribution in [0.3, 0.4) is 0 Å². The Bertz CT molecular complexity index is 950. The molecule has 184 valence electrons. The number of rotatable bonds is 13. The molecule has 2 amide bonds. The Morgan fingerprint density at radius 1 is 0.824 bits per heavy atom. The summed E-state index contributed by atoms with van der Waals surface area (Å²) < 4.78 is 0. The molecule has 0 saturated carbocycles. The van der Waals surface area contributed by atoms with Gasteiger partial charge in [-0.3, -0.25) is 14.8 Å². The molecule has 0 bridgehead atoms. The highest BCUT2D eigenvalue weighted by atomic mass is 35.5. The maximum Gasteiger partial charge on any atom is 0.243 e. The van der Waals surface area contributed by atoms with E-state index < -0.39 is 0 Å². The minimum Gasteiger partial charge on any atom is -0.356 e. The highest BCUT2D eigenvalue weighted by Crippen LogP contribution is 2.37. The third kappa shape index (κ3) is 8.03. The predicted octanol–water partition coefficient (Wildman–Crippen LogP) is 5.71. The van der Waals surface area contributed by atoms with Crippen LogP contribution in [0.2, 0.25) is 5.02 Å². The van der Waals surface area contributed by atoms with Gasteiger partial charge in [-0.05, 0) is 61.4 Å². The largest absolute Gasteiger partial charge is 0.356 e. The Labute approximate surface area is 207 Å². The van der Waals surface area contributed by atoms with Gasteiger partial charge in [-0.15, -0.1) is 0 Å². The normalized spacial score (nSPS) is 12.5. The molecular formula is C27H36ClN3O3. The summed E-state index contributed by atoms with van der Waals surface area (Å²) in [4.78, 5) is 25.5. The number of fused-ring (bicyclic) bond motifs is 2. The fourth-order valence-electron chi connectivity index (χ4n) is 4.51. The molecule has 0 fully saturated rings. The summed E-state index contributed by atoms with van der Waals surface area (Å²) in [5.74, 6) is -0.218. The van der Waals surface area contributed by atoms with E-state index in [-0.39, 0.29) is 11.8 Å². The van der Waals surface area contributed by atoms with E-state index in [9.17, 15) is 9.59 Å². The molecule has 7 heteroatoms. The van der Waals surface area contributed by atoms with Gasteiger partial charge < -0.3 is 10.2 Å². The first-order valence-corrected chi connectivity index (χ1v) is 12.8. The number of hydrogen-bond acceptors (Lipinski definition) is 4. The van der Waals surface area contributed by atoms with E-state index >= 15 is 0 Å². The predicted molar refractivity (Wildman–Crippen MR) is 137 cm³/mol. The summed E-state index contributed by atoms with van der Waals surface area (Å²) in [7, 11) is 0. The van der Waals surface area contributed by atoms with Crippen molar-refractivity contribution in [3.05, 3.63) is 58.6 Å². The first kappa shape index (κ1) is 26.0. The van der Waals surface area contributed by atoms with Gasteiger partial charge >= 0.3 is 0 Å². The lowest BCUT2D eigenvalue weighted by Gasteiger charge is -2.27. The lowest BCUT2D eigenvalue weighted by atomic mass is 10.0. The van der Waals surface area contributed by atoms with Crippen LogP contribution in [0, 0.1) is 0 Å². The maximum atomic E-state index is 12.2. The van der Waals surface area contributed by atoms with Gasteiger partial charge in [0.15, 0.2) is 0 Å². The highest BCUT2D eigenvalue weighted by molar-refractivity contribution is 6.30. The van der Waals surface area contributed by atoms with E-state index in [1.54, 1.807) is 5.48 Å². The number of carbonyl (C=O) groups excluding carboxylic acids is 2. The number of amides is 2. The molecule has 6 nitrogen and oxygen atoms in total. The number of benzene rings is 2. The Hall–Kier alpha value is -2.57. The van der Waals surface area contributed by atoms with E-state index in [1.165, 1.54) is 22.5 Å². The van der Waals surface area contributed by atoms with Crippen molar-refractivity contribution in [1.82, 2.24) is 10.8 Å². The van der Waals surface area contributed by atoms with E-state index in [1.807, 2.05) is 6.07 Å². The second-order valence-electron chi connectivity index (χ2n) is 8.91. The molecule has 0 unspecified atom stereocenters. The molecular weight excluding hydrogens is 450 g/mol. The number of aryl methyl sites for hydroxylation is 2. The molecule has 3 N–H and O–H groups in total. The molecule has 0 radical (unpaired) electrons. The van der Waals surface area contributed by atoms with Crippen LogP contribution >= 0.6 is 11.6 Å². The summed E-state index contributed by atoms with van der Waals surface area (Å²) in [6.07, 6.45) is 9.53. The minimum absolute atomic E-state index is 0.110. The number of hydroxylamine groups is 1. The number of anilines is 2. The molecule has 0 aliphatic carbocycles. The zero-order valence-corrected chi connectivity index (χ0v) is 20.6. The van der Waals surface area contributed by atoms with Crippen molar-refractivity contribution in [2.45, 2.75) is 70.6 Å². The van der Waals surface area contributed by atoms with Gasteiger partial charge in [-0.1, -0.05) is 61.5 Å². The van der Waals surface area contributed by atoms with E-state index in [0.29, 0.717) is 19.4 Å². The molecule has 1 aliphatic rings. The fraction of sp³-hybridized carbons (Fsp3) is 0.481. The van der Waals surface area contributed by atoms with Crippen molar-refractivity contribution in [1.29, 1.82) is 0 Å². The van der Waals surface area contributed by atoms with E-state index in [0.717, 1.165) is 69.4 Å². The number of nitrogens with one attached hydrogen (secondary N) is 2. The molecule has 3 rings (SSSR count). The van der Waals surface area contributed by atoms with Crippen molar-refractivity contribution in [2.75, 3.05) is 18.0 Å². The number of hydrogen-bond donors (Lipinski definition) is 3. The second kappa shape index (κ2) is 14.0. The van der Waals surface area contributed by atoms with E-state index in [2.05, 4.69) is 46.6 Å². The van der Waals surface area contributed by atoms with Gasteiger partial charge in [0.05, 0.1) is 0 Å². The van der Waals surface area contributed by atoms with Crippen LogP contribution in [0.25, 0.3) is 0 Å². The van der Waals surface area contributed by atoms with Crippen molar-refractivity contribution in [3.63, 3.8) is 0 Å². The van der Waals surface area contributed by atoms with E-state index in [4.69, 9.17) is 16.8 Å². The molecule has 2 aromatic rings. The van der Waals surface area contributed by atoms with Crippen molar-refractivity contribution in [3.8, 4) is 0 Å². The first-order valence-electron chi connectivity index (χ1n) is 12.4. The Balaban J connectivity index is 1.37. The number of halogens is 1. The lowest BCUT2D eigenvalue weighted by Crippen LogP contribution is -2.28. The first-order chi connectivity index (χ1) is 16.6. The van der Waals surface area contributed by atoms with Crippen molar-refractivity contribution < 1.29 is 14.8 Å². The van der Waals surface area contributed by atoms with Crippen LogP contribution in [0.5, 0.6) is 0 Å². The van der Waals surface area contributed by atoms with Crippen LogP contribution in [0.15, 0.2) is 42.5 Å². The topological polar surface area (TPSA) is 81.7 Å². The maximum absolute atomic E-state index is 12.2. The summed E-state index contributed by atoms with van der Waals surface area (Å²) in [6, 6.07) is 14.7. The Kier molecular flexibility index (Phi) is 10.7. The van der Waals surface area contributed by atoms with Crippen LogP contribution in [0.4, 0.5) is 11.4 Å². The fourth-order valence-corrected chi connectivity index (χ4v) is 4.68. The van der Waals surface area contributed by atoms with Crippen LogP contribution < -0.4 is 15.7 Å². The number of unbranched alkanes of at least 4 members (excludes halogenated alkanes) is 5. The second-order valence-corrected chi connectivity index (χ2v) is 9.35. The van der Waals surface area contributed by atoms with Gasteiger partial charge in [-0.25, -0.2) is 5.48 Å². The SMILES string of the molecule is O=C(CCCCCCCCC(=O)NCCCN1c2ccccc2CCc2ccc(Cl)cc21)NO. The summed E-state index contributed by atoms with van der Waals surface area (Å²) in [6.45, 7) is 1.47. The van der Waals surface area contributed by atoms with Crippen molar-refractivity contribution in [2.24, 2.45) is 0 Å². The highest BCUT2D eigenvalue weighted by Gasteiger charge is 2.20.